The van der Waals surface area contributed by atoms with Crippen LogP contribution in [0.3, 0.4) is 0 Å². The van der Waals surface area contributed by atoms with Gasteiger partial charge in [-0.1, -0.05) is 34.9 Å². The molecule has 2 aromatic rings. The highest BCUT2D eigenvalue weighted by Gasteiger charge is 2.14. The highest BCUT2D eigenvalue weighted by atomic mass is 32.2. The van der Waals surface area contributed by atoms with E-state index in [-0.39, 0.29) is 5.25 Å². The molecule has 0 bridgehead atoms. The number of nitrogens with one attached hydrogen (secondary N) is 1. The summed E-state index contributed by atoms with van der Waals surface area (Å²) < 4.78 is 25.1. The van der Waals surface area contributed by atoms with E-state index in [1.807, 2.05) is 0 Å². The van der Waals surface area contributed by atoms with Crippen LogP contribution in [0.1, 0.15) is 6.92 Å². The van der Waals surface area contributed by atoms with Crippen LogP contribution in [0.5, 0.6) is 0 Å². The summed E-state index contributed by atoms with van der Waals surface area (Å²) >= 11 is 3.01. The number of primary amides is 1. The topological polar surface area (TPSA) is 80.9 Å². The van der Waals surface area contributed by atoms with E-state index in [2.05, 4.69) is 15.5 Å². The normalized spacial score (nSPS) is 12.4. The summed E-state index contributed by atoms with van der Waals surface area (Å²) in [6.07, 6.45) is 0. The van der Waals surface area contributed by atoms with Gasteiger partial charge >= 0.3 is 0 Å². The number of nitrogens with two attached hydrogens (primary N) is 1. The summed E-state index contributed by atoms with van der Waals surface area (Å²) in [6.45, 7) is 1.70. The third kappa shape index (κ3) is 5.11. The first-order chi connectivity index (χ1) is 10.4. The average Bonchev–Trinajstić information content (AvgIpc) is 2.87. The van der Waals surface area contributed by atoms with Gasteiger partial charge in [-0.05, 0) is 31.2 Å². The first-order valence-electron chi connectivity index (χ1n) is 6.05. The Morgan fingerprint density at radius 1 is 1.27 bits per heavy atom. The molecule has 0 aliphatic carbocycles. The fourth-order valence-corrected chi connectivity index (χ4v) is 3.73. The van der Waals surface area contributed by atoms with Crippen LogP contribution >= 0.6 is 34.9 Å². The lowest BCUT2D eigenvalue weighted by atomic mass is 10.3. The first kappa shape index (κ1) is 17.0. The van der Waals surface area contributed by atoms with Crippen LogP contribution in [0.25, 0.3) is 0 Å². The Kier molecular flexibility index (Phi) is 5.98. The Morgan fingerprint density at radius 2 is 1.95 bits per heavy atom. The van der Waals surface area contributed by atoms with Gasteiger partial charge in [0.15, 0.2) is 4.34 Å². The van der Waals surface area contributed by atoms with Crippen molar-refractivity contribution < 1.29 is 13.6 Å². The maximum Gasteiger partial charge on any atom is 0.288 e. The molecule has 0 radical (unpaired) electrons. The molecule has 1 atom stereocenters. The number of rotatable bonds is 7. The minimum Gasteiger partial charge on any atom is -0.369 e. The van der Waals surface area contributed by atoms with Gasteiger partial charge in [0, 0.05) is 10.6 Å². The molecule has 1 heterocycles. The number of hydrogen-bond acceptors (Lipinski definition) is 7. The predicted octanol–water partition coefficient (Wildman–Crippen LogP) is 3.56. The molecule has 0 saturated heterocycles. The summed E-state index contributed by atoms with van der Waals surface area (Å²) in [5, 5.41) is 11.1. The van der Waals surface area contributed by atoms with Crippen molar-refractivity contribution in [3.8, 4) is 0 Å². The van der Waals surface area contributed by atoms with Gasteiger partial charge in [0.1, 0.15) is 0 Å². The van der Waals surface area contributed by atoms with E-state index in [9.17, 15) is 13.6 Å². The SMILES string of the molecule is CC(Sc1nnc(Nc2ccc(SC(F)F)cc2)s1)C(N)=O. The molecule has 3 N–H and O–H groups in total. The van der Waals surface area contributed by atoms with Crippen molar-refractivity contribution in [1.82, 2.24) is 10.2 Å². The van der Waals surface area contributed by atoms with E-state index < -0.39 is 11.7 Å². The Labute approximate surface area is 138 Å². The Bertz CT molecular complexity index is 636. The number of thioether (sulfide) groups is 2. The van der Waals surface area contributed by atoms with Crippen molar-refractivity contribution >= 4 is 51.6 Å². The van der Waals surface area contributed by atoms with E-state index in [1.54, 1.807) is 31.2 Å². The summed E-state index contributed by atoms with van der Waals surface area (Å²) in [5.74, 6) is -2.85. The van der Waals surface area contributed by atoms with Gasteiger partial charge in [-0.2, -0.15) is 8.78 Å². The number of carbonyl (C=O) groups excluding carboxylic acids is 1. The molecule has 1 aromatic heterocycles. The summed E-state index contributed by atoms with van der Waals surface area (Å²) in [7, 11) is 0. The van der Waals surface area contributed by atoms with Gasteiger partial charge in [0.25, 0.3) is 5.76 Å². The molecule has 0 spiro atoms. The second-order valence-corrected chi connectivity index (χ2v) is 7.69. The van der Waals surface area contributed by atoms with Gasteiger partial charge < -0.3 is 11.1 Å². The van der Waals surface area contributed by atoms with Crippen molar-refractivity contribution in [1.29, 1.82) is 0 Å². The Hall–Kier alpha value is -1.39. The fraction of sp³-hybridized carbons (Fsp3) is 0.250. The third-order valence-electron chi connectivity index (χ3n) is 2.42. The number of alkyl halides is 2. The number of halogens is 2. The van der Waals surface area contributed by atoms with Crippen LogP contribution in [0, 0.1) is 0 Å². The van der Waals surface area contributed by atoms with E-state index in [1.165, 1.54) is 23.1 Å². The maximum atomic E-state index is 12.2. The summed E-state index contributed by atoms with van der Waals surface area (Å²) in [5.41, 5.74) is 5.91. The number of benzene rings is 1. The van der Waals surface area contributed by atoms with Crippen LogP contribution in [-0.4, -0.2) is 27.1 Å². The van der Waals surface area contributed by atoms with E-state index in [0.717, 1.165) is 0 Å². The minimum absolute atomic E-state index is 0.383. The Morgan fingerprint density at radius 3 is 2.55 bits per heavy atom. The van der Waals surface area contributed by atoms with Gasteiger partial charge in [0.2, 0.25) is 11.0 Å². The second-order valence-electron chi connectivity index (χ2n) is 4.06. The van der Waals surface area contributed by atoms with E-state index in [4.69, 9.17) is 5.73 Å². The highest BCUT2D eigenvalue weighted by Crippen LogP contribution is 2.31. The largest absolute Gasteiger partial charge is 0.369 e. The molecule has 22 heavy (non-hydrogen) atoms. The van der Waals surface area contributed by atoms with Crippen LogP contribution in [-0.2, 0) is 4.79 Å². The first-order valence-corrected chi connectivity index (χ1v) is 8.63. The zero-order valence-corrected chi connectivity index (χ0v) is 13.8. The standard InChI is InChI=1S/C12H12F2N4OS3/c1-6(9(15)19)20-12-18-17-11(22-12)16-7-2-4-8(5-3-7)21-10(13)14/h2-6,10H,1H3,(H2,15,19)(H,16,17). The summed E-state index contributed by atoms with van der Waals surface area (Å²) in [6, 6.07) is 6.58. The van der Waals surface area contributed by atoms with E-state index in [0.29, 0.717) is 31.8 Å². The van der Waals surface area contributed by atoms with Crippen molar-refractivity contribution in [3.05, 3.63) is 24.3 Å². The smallest absolute Gasteiger partial charge is 0.288 e. The van der Waals surface area contributed by atoms with Crippen LogP contribution in [0.2, 0.25) is 0 Å². The molecule has 118 valence electrons. The van der Waals surface area contributed by atoms with Gasteiger partial charge in [0.05, 0.1) is 5.25 Å². The average molecular weight is 362 g/mol. The van der Waals surface area contributed by atoms with Gasteiger partial charge in [-0.25, -0.2) is 0 Å². The second kappa shape index (κ2) is 7.75. The molecule has 0 saturated carbocycles. The third-order valence-corrected chi connectivity index (χ3v) is 5.18. The number of carbonyl (C=O) groups is 1. The molecule has 1 amide bonds. The summed E-state index contributed by atoms with van der Waals surface area (Å²) in [4.78, 5) is 11.5. The van der Waals surface area contributed by atoms with Crippen LogP contribution in [0.15, 0.2) is 33.5 Å². The molecule has 10 heteroatoms. The Balaban J connectivity index is 1.96. The van der Waals surface area contributed by atoms with Gasteiger partial charge in [-0.3, -0.25) is 4.79 Å². The van der Waals surface area contributed by atoms with Crippen LogP contribution < -0.4 is 11.1 Å². The zero-order chi connectivity index (χ0) is 16.1. The lowest BCUT2D eigenvalue weighted by Gasteiger charge is -2.04. The van der Waals surface area contributed by atoms with Crippen molar-refractivity contribution in [2.45, 2.75) is 27.2 Å². The van der Waals surface area contributed by atoms with Crippen molar-refractivity contribution in [3.63, 3.8) is 0 Å². The molecule has 0 aliphatic heterocycles. The lowest BCUT2D eigenvalue weighted by molar-refractivity contribution is -0.117. The zero-order valence-electron chi connectivity index (χ0n) is 11.3. The number of amides is 1. The molecule has 5 nitrogen and oxygen atoms in total. The number of anilines is 2. The predicted molar refractivity (Wildman–Crippen MR) is 86.0 cm³/mol. The molecular formula is C12H12F2N4OS3. The van der Waals surface area contributed by atoms with Crippen LogP contribution in [0.4, 0.5) is 19.6 Å². The quantitative estimate of drug-likeness (QED) is 0.733. The minimum atomic E-state index is -2.44. The molecule has 1 unspecified atom stereocenters. The molecular weight excluding hydrogens is 350 g/mol. The lowest BCUT2D eigenvalue weighted by Crippen LogP contribution is -2.22. The van der Waals surface area contributed by atoms with E-state index >= 15 is 0 Å². The monoisotopic (exact) mass is 362 g/mol. The number of hydrogen-bond donors (Lipinski definition) is 2. The van der Waals surface area contributed by atoms with Crippen molar-refractivity contribution in [2.24, 2.45) is 5.73 Å². The van der Waals surface area contributed by atoms with Crippen molar-refractivity contribution in [2.75, 3.05) is 5.32 Å². The van der Waals surface area contributed by atoms with Gasteiger partial charge in [-0.15, -0.1) is 10.2 Å². The number of nitrogens with zero attached hydrogens (tertiary/aromatic N) is 2. The molecule has 0 fully saturated rings. The number of aromatic nitrogens is 2. The molecule has 1 aromatic carbocycles. The maximum absolute atomic E-state index is 12.2. The fourth-order valence-electron chi connectivity index (χ4n) is 1.36. The highest BCUT2D eigenvalue weighted by molar-refractivity contribution is 8.02. The molecule has 0 aliphatic rings. The molecule has 2 rings (SSSR count).